The summed E-state index contributed by atoms with van der Waals surface area (Å²) < 4.78 is 15.8. The summed E-state index contributed by atoms with van der Waals surface area (Å²) in [5, 5.41) is 8.83. The number of aliphatic imine (C=N–C) groups is 1. The van der Waals surface area contributed by atoms with Crippen molar-refractivity contribution in [3.05, 3.63) is 48.3 Å². The maximum atomic E-state index is 11.8. The van der Waals surface area contributed by atoms with Gasteiger partial charge in [0.2, 0.25) is 5.91 Å². The van der Waals surface area contributed by atoms with Gasteiger partial charge in [0.1, 0.15) is 18.1 Å². The molecule has 2 heterocycles. The van der Waals surface area contributed by atoms with E-state index >= 15 is 0 Å². The number of carbonyl (C=O) groups excluding carboxylic acids is 1. The van der Waals surface area contributed by atoms with Crippen molar-refractivity contribution in [2.24, 2.45) is 4.99 Å². The van der Waals surface area contributed by atoms with E-state index in [1.807, 2.05) is 18.2 Å². The number of carbonyl (C=O) groups is 1. The Labute approximate surface area is 169 Å². The highest BCUT2D eigenvalue weighted by Gasteiger charge is 2.04. The van der Waals surface area contributed by atoms with Gasteiger partial charge < -0.3 is 29.5 Å². The van der Waals surface area contributed by atoms with Crippen LogP contribution in [0.2, 0.25) is 0 Å². The zero-order valence-corrected chi connectivity index (χ0v) is 17.0. The molecular formula is C17H25IN4O4. The Morgan fingerprint density at radius 2 is 1.85 bits per heavy atom. The molecule has 8 nitrogen and oxygen atoms in total. The lowest BCUT2D eigenvalue weighted by Crippen LogP contribution is -2.43. The number of nitrogens with one attached hydrogen (secondary N) is 3. The van der Waals surface area contributed by atoms with Crippen molar-refractivity contribution >= 4 is 35.8 Å². The van der Waals surface area contributed by atoms with E-state index in [2.05, 4.69) is 20.9 Å². The van der Waals surface area contributed by atoms with Gasteiger partial charge in [0.05, 0.1) is 25.6 Å². The summed E-state index contributed by atoms with van der Waals surface area (Å²) in [4.78, 5) is 15.8. The molecule has 1 amide bonds. The maximum absolute atomic E-state index is 11.8. The summed E-state index contributed by atoms with van der Waals surface area (Å²) in [6.07, 6.45) is 4.01. The van der Waals surface area contributed by atoms with Gasteiger partial charge in [0.25, 0.3) is 0 Å². The second-order valence-electron chi connectivity index (χ2n) is 5.19. The number of halogens is 1. The summed E-state index contributed by atoms with van der Waals surface area (Å²) >= 11 is 0. The smallest absolute Gasteiger partial charge is 0.239 e. The molecule has 0 aromatic carbocycles. The normalized spacial score (nSPS) is 10.9. The highest BCUT2D eigenvalue weighted by atomic mass is 127. The van der Waals surface area contributed by atoms with Crippen LogP contribution in [0.25, 0.3) is 0 Å². The van der Waals surface area contributed by atoms with Crippen LogP contribution in [0.5, 0.6) is 0 Å². The van der Waals surface area contributed by atoms with E-state index in [-0.39, 0.29) is 36.4 Å². The molecule has 26 heavy (non-hydrogen) atoms. The lowest BCUT2D eigenvalue weighted by Gasteiger charge is -2.11. The van der Waals surface area contributed by atoms with Crippen molar-refractivity contribution in [3.63, 3.8) is 0 Å². The third-order valence-electron chi connectivity index (χ3n) is 3.26. The van der Waals surface area contributed by atoms with Crippen LogP contribution in [-0.4, -0.2) is 38.6 Å². The van der Waals surface area contributed by atoms with Gasteiger partial charge in [-0.05, 0) is 30.7 Å². The lowest BCUT2D eigenvalue weighted by molar-refractivity contribution is -0.120. The third-order valence-corrected chi connectivity index (χ3v) is 3.26. The molecule has 0 aliphatic heterocycles. The van der Waals surface area contributed by atoms with Crippen LogP contribution in [0.1, 0.15) is 17.9 Å². The Kier molecular flexibility index (Phi) is 11.2. The topological polar surface area (TPSA) is 101 Å². The number of ether oxygens (including phenoxy) is 1. The summed E-state index contributed by atoms with van der Waals surface area (Å²) in [5.74, 6) is 1.96. The average molecular weight is 476 g/mol. The minimum atomic E-state index is -0.138. The second kappa shape index (κ2) is 13.2. The van der Waals surface area contributed by atoms with Gasteiger partial charge in [-0.2, -0.15) is 0 Å². The molecule has 0 fully saturated rings. The van der Waals surface area contributed by atoms with Crippen molar-refractivity contribution in [1.82, 2.24) is 16.0 Å². The van der Waals surface area contributed by atoms with Crippen LogP contribution in [-0.2, 0) is 22.7 Å². The molecule has 144 valence electrons. The van der Waals surface area contributed by atoms with Gasteiger partial charge in [-0.25, -0.2) is 0 Å². The fourth-order valence-electron chi connectivity index (χ4n) is 1.99. The molecule has 0 atom stereocenters. The van der Waals surface area contributed by atoms with Crippen molar-refractivity contribution in [3.8, 4) is 0 Å². The molecule has 0 saturated heterocycles. The molecule has 0 radical (unpaired) electrons. The molecule has 0 aliphatic rings. The molecule has 2 aromatic rings. The van der Waals surface area contributed by atoms with Gasteiger partial charge in [-0.1, -0.05) is 0 Å². The molecule has 0 unspecified atom stereocenters. The Bertz CT molecular complexity index is 629. The molecule has 9 heteroatoms. The molecule has 0 aliphatic carbocycles. The van der Waals surface area contributed by atoms with Gasteiger partial charge in [0.15, 0.2) is 5.96 Å². The van der Waals surface area contributed by atoms with Crippen LogP contribution in [0.15, 0.2) is 50.6 Å². The Morgan fingerprint density at radius 3 is 2.50 bits per heavy atom. The van der Waals surface area contributed by atoms with E-state index in [1.54, 1.807) is 25.6 Å². The minimum absolute atomic E-state index is 0. The van der Waals surface area contributed by atoms with E-state index in [1.165, 1.54) is 0 Å². The second-order valence-corrected chi connectivity index (χ2v) is 5.19. The average Bonchev–Trinajstić information content (AvgIpc) is 3.32. The number of rotatable bonds is 10. The van der Waals surface area contributed by atoms with Crippen LogP contribution < -0.4 is 16.0 Å². The molecule has 0 spiro atoms. The quantitative estimate of drug-likeness (QED) is 0.210. The van der Waals surface area contributed by atoms with E-state index in [0.717, 1.165) is 12.2 Å². The predicted molar refractivity (Wildman–Crippen MR) is 108 cm³/mol. The highest BCUT2D eigenvalue weighted by molar-refractivity contribution is 14.0. The Balaban J connectivity index is 0.00000338. The maximum Gasteiger partial charge on any atom is 0.239 e. The Hall–Kier alpha value is -2.01. The fourth-order valence-corrected chi connectivity index (χ4v) is 1.99. The zero-order valence-electron chi connectivity index (χ0n) is 14.7. The van der Waals surface area contributed by atoms with Gasteiger partial charge in [-0.15, -0.1) is 24.0 Å². The molecule has 3 N–H and O–H groups in total. The molecule has 2 aromatic heterocycles. The summed E-state index contributed by atoms with van der Waals surface area (Å²) in [6, 6.07) is 7.30. The first-order valence-electron chi connectivity index (χ1n) is 8.11. The number of furan rings is 2. The van der Waals surface area contributed by atoms with Crippen molar-refractivity contribution in [1.29, 1.82) is 0 Å². The Morgan fingerprint density at radius 1 is 1.12 bits per heavy atom. The van der Waals surface area contributed by atoms with Gasteiger partial charge >= 0.3 is 0 Å². The monoisotopic (exact) mass is 476 g/mol. The number of amides is 1. The zero-order chi connectivity index (χ0) is 17.7. The highest BCUT2D eigenvalue weighted by Crippen LogP contribution is 2.01. The third kappa shape index (κ3) is 8.90. The first kappa shape index (κ1) is 22.0. The van der Waals surface area contributed by atoms with Crippen LogP contribution in [0, 0.1) is 0 Å². The number of hydrogen-bond donors (Lipinski definition) is 3. The molecular weight excluding hydrogens is 451 g/mol. The van der Waals surface area contributed by atoms with Crippen LogP contribution >= 0.6 is 24.0 Å². The fraction of sp³-hybridized carbons (Fsp3) is 0.412. The predicted octanol–water partition coefficient (Wildman–Crippen LogP) is 1.88. The molecule has 0 saturated carbocycles. The van der Waals surface area contributed by atoms with E-state index in [9.17, 15) is 4.79 Å². The molecule has 0 bridgehead atoms. The SMILES string of the molecule is CN=C(NCCCOCc1ccco1)NCC(=O)NCc1ccco1.I. The van der Waals surface area contributed by atoms with Crippen LogP contribution in [0.4, 0.5) is 0 Å². The van der Waals surface area contributed by atoms with Gasteiger partial charge in [-0.3, -0.25) is 9.79 Å². The van der Waals surface area contributed by atoms with Crippen molar-refractivity contribution in [2.75, 3.05) is 26.7 Å². The first-order valence-corrected chi connectivity index (χ1v) is 8.11. The number of hydrogen-bond acceptors (Lipinski definition) is 5. The van der Waals surface area contributed by atoms with Crippen molar-refractivity contribution < 1.29 is 18.4 Å². The largest absolute Gasteiger partial charge is 0.467 e. The lowest BCUT2D eigenvalue weighted by atomic mass is 10.4. The van der Waals surface area contributed by atoms with Gasteiger partial charge in [0, 0.05) is 20.2 Å². The van der Waals surface area contributed by atoms with E-state index in [0.29, 0.717) is 38.0 Å². The summed E-state index contributed by atoms with van der Waals surface area (Å²) in [5.41, 5.74) is 0. The standard InChI is InChI=1S/C17H24N4O4.HI/c1-18-17(19-7-4-8-23-13-15-6-3-10-25-15)21-12-16(22)20-11-14-5-2-9-24-14;/h2-3,5-6,9-10H,4,7-8,11-13H2,1H3,(H,20,22)(H2,18,19,21);1H. The number of guanidine groups is 1. The minimum Gasteiger partial charge on any atom is -0.467 e. The van der Waals surface area contributed by atoms with Crippen molar-refractivity contribution in [2.45, 2.75) is 19.6 Å². The van der Waals surface area contributed by atoms with Crippen LogP contribution in [0.3, 0.4) is 0 Å². The molecule has 2 rings (SSSR count). The number of nitrogens with zero attached hydrogens (tertiary/aromatic N) is 1. The first-order chi connectivity index (χ1) is 12.3. The van der Waals surface area contributed by atoms with E-state index < -0.39 is 0 Å². The summed E-state index contributed by atoms with van der Waals surface area (Å²) in [6.45, 7) is 2.26. The summed E-state index contributed by atoms with van der Waals surface area (Å²) in [7, 11) is 1.66. The van der Waals surface area contributed by atoms with E-state index in [4.69, 9.17) is 13.6 Å².